The summed E-state index contributed by atoms with van der Waals surface area (Å²) in [5, 5.41) is 26.4. The summed E-state index contributed by atoms with van der Waals surface area (Å²) in [6.07, 6.45) is -0.321. The third-order valence-electron chi connectivity index (χ3n) is 14.3. The number of ether oxygens (including phenoxy) is 5. The topological polar surface area (TPSA) is 161 Å². The number of anilines is 1. The first-order chi connectivity index (χ1) is 23.9. The number of para-hydroxylation sites is 1. The summed E-state index contributed by atoms with van der Waals surface area (Å²) in [6, 6.07) is 5.82. The maximum Gasteiger partial charge on any atom is 0.340 e. The molecule has 2 N–H and O–H groups in total. The largest absolute Gasteiger partial charge is 0.461 e. The van der Waals surface area contributed by atoms with E-state index < -0.39 is 64.1 Å². The fourth-order valence-electron chi connectivity index (χ4n) is 13.1. The first-order valence-corrected chi connectivity index (χ1v) is 18.0. The minimum Gasteiger partial charge on any atom is -0.461 e. The number of esters is 2. The van der Waals surface area contributed by atoms with Gasteiger partial charge in [0.15, 0.2) is 5.60 Å². The predicted octanol–water partition coefficient (Wildman–Crippen LogP) is 1.71. The maximum atomic E-state index is 14.0. The zero-order chi connectivity index (χ0) is 35.5. The van der Waals surface area contributed by atoms with Crippen LogP contribution in [0.3, 0.4) is 0 Å². The summed E-state index contributed by atoms with van der Waals surface area (Å²) in [7, 11) is 4.95. The lowest BCUT2D eigenvalue weighted by Crippen LogP contribution is -2.82. The molecule has 7 bridgehead atoms. The Morgan fingerprint density at radius 3 is 2.40 bits per heavy atom. The number of hydrogen-bond acceptors (Lipinski definition) is 12. The molecule has 13 nitrogen and oxygen atoms in total. The molecule has 0 aromatic heterocycles. The van der Waals surface area contributed by atoms with E-state index in [9.17, 15) is 29.4 Å². The van der Waals surface area contributed by atoms with Gasteiger partial charge in [-0.2, -0.15) is 0 Å². The number of amides is 2. The average molecular weight is 697 g/mol. The lowest BCUT2D eigenvalue weighted by atomic mass is 9.42. The van der Waals surface area contributed by atoms with E-state index in [-0.39, 0.29) is 73.0 Å². The number of fused-ring (bicyclic) bond motifs is 2. The van der Waals surface area contributed by atoms with E-state index in [1.165, 1.54) is 6.92 Å². The second-order valence-electron chi connectivity index (χ2n) is 15.7. The fraction of sp³-hybridized carbons (Fsp3) is 0.730. The van der Waals surface area contributed by atoms with Crippen molar-refractivity contribution in [2.24, 2.45) is 34.5 Å². The van der Waals surface area contributed by atoms with Gasteiger partial charge in [0.05, 0.1) is 48.3 Å². The number of aliphatic hydroxyl groups is 2. The van der Waals surface area contributed by atoms with Gasteiger partial charge in [0.2, 0.25) is 11.8 Å². The van der Waals surface area contributed by atoms with Crippen LogP contribution >= 0.6 is 0 Å². The molecule has 5 saturated carbocycles. The molecular weight excluding hydrogens is 648 g/mol. The van der Waals surface area contributed by atoms with Gasteiger partial charge < -0.3 is 33.9 Å². The Balaban J connectivity index is 1.25. The molecule has 2 saturated heterocycles. The first kappa shape index (κ1) is 34.2. The summed E-state index contributed by atoms with van der Waals surface area (Å²) in [5.74, 6) is -3.22. The lowest BCUT2D eigenvalue weighted by Gasteiger charge is -2.70. The summed E-state index contributed by atoms with van der Waals surface area (Å²) in [4.78, 5) is 55.6. The van der Waals surface area contributed by atoms with Crippen LogP contribution in [0, 0.1) is 34.5 Å². The number of benzene rings is 1. The van der Waals surface area contributed by atoms with E-state index in [1.54, 1.807) is 45.6 Å². The maximum absolute atomic E-state index is 14.0. The average Bonchev–Trinajstić information content (AvgIpc) is 3.66. The summed E-state index contributed by atoms with van der Waals surface area (Å²) in [6.45, 7) is 4.21. The molecule has 2 amide bonds. The molecule has 1 spiro atoms. The fourth-order valence-corrected chi connectivity index (χ4v) is 13.1. The third-order valence-corrected chi connectivity index (χ3v) is 14.3. The molecule has 1 aromatic rings. The Morgan fingerprint density at radius 2 is 1.76 bits per heavy atom. The van der Waals surface area contributed by atoms with Crippen molar-refractivity contribution in [1.29, 1.82) is 0 Å². The molecule has 2 aliphatic heterocycles. The van der Waals surface area contributed by atoms with Gasteiger partial charge in [0, 0.05) is 82.6 Å². The van der Waals surface area contributed by atoms with Gasteiger partial charge in [-0.25, -0.2) is 9.69 Å². The molecule has 1 aromatic carbocycles. The van der Waals surface area contributed by atoms with Crippen molar-refractivity contribution in [3.63, 3.8) is 0 Å². The number of likely N-dealkylation sites (tertiary alicyclic amines) is 1. The molecule has 5 aliphatic carbocycles. The second kappa shape index (κ2) is 11.5. The molecule has 7 fully saturated rings. The third kappa shape index (κ3) is 3.94. The van der Waals surface area contributed by atoms with E-state index in [1.807, 2.05) is 6.92 Å². The highest BCUT2D eigenvalue weighted by molar-refractivity contribution is 6.21. The van der Waals surface area contributed by atoms with Gasteiger partial charge in [-0.1, -0.05) is 19.1 Å². The monoisotopic (exact) mass is 696 g/mol. The molecule has 0 unspecified atom stereocenters. The lowest BCUT2D eigenvalue weighted by molar-refractivity contribution is -0.322. The Hall–Kier alpha value is -2.94. The van der Waals surface area contributed by atoms with Crippen LogP contribution in [-0.4, -0.2) is 122 Å². The Labute approximate surface area is 291 Å². The zero-order valence-electron chi connectivity index (χ0n) is 29.3. The van der Waals surface area contributed by atoms with E-state index in [0.29, 0.717) is 32.4 Å². The normalized spacial score (nSPS) is 45.6. The number of imide groups is 1. The number of likely N-dealkylation sites (N-methyl/N-ethyl adjacent to an activating group) is 1. The number of piperidine rings is 1. The number of hydrogen-bond donors (Lipinski definition) is 2. The van der Waals surface area contributed by atoms with E-state index in [4.69, 9.17) is 23.7 Å². The number of rotatable bonds is 9. The van der Waals surface area contributed by atoms with Crippen LogP contribution in [-0.2, 0) is 38.1 Å². The molecule has 7 aliphatic rings. The number of carbonyl (C=O) groups excluding carboxylic acids is 4. The van der Waals surface area contributed by atoms with Crippen molar-refractivity contribution >= 4 is 29.4 Å². The van der Waals surface area contributed by atoms with Gasteiger partial charge in [0.25, 0.3) is 0 Å². The van der Waals surface area contributed by atoms with Gasteiger partial charge >= 0.3 is 11.9 Å². The quantitative estimate of drug-likeness (QED) is 0.285. The summed E-state index contributed by atoms with van der Waals surface area (Å²) >= 11 is 0. The highest BCUT2D eigenvalue weighted by atomic mass is 16.6. The van der Waals surface area contributed by atoms with Gasteiger partial charge in [-0.05, 0) is 43.9 Å². The molecule has 0 radical (unpaired) electrons. The Kier molecular flexibility index (Phi) is 7.88. The molecule has 50 heavy (non-hydrogen) atoms. The first-order valence-electron chi connectivity index (χ1n) is 18.0. The molecule has 272 valence electrons. The smallest absolute Gasteiger partial charge is 0.340 e. The van der Waals surface area contributed by atoms with Crippen LogP contribution in [0.25, 0.3) is 0 Å². The number of carbonyl (C=O) groups is 4. The van der Waals surface area contributed by atoms with Gasteiger partial charge in [0.1, 0.15) is 5.60 Å². The second-order valence-corrected chi connectivity index (χ2v) is 15.7. The Morgan fingerprint density at radius 1 is 1.04 bits per heavy atom. The minimum absolute atomic E-state index is 0.0341. The van der Waals surface area contributed by atoms with Crippen molar-refractivity contribution in [2.75, 3.05) is 45.9 Å². The zero-order valence-corrected chi connectivity index (χ0v) is 29.3. The van der Waals surface area contributed by atoms with Crippen molar-refractivity contribution in [3.05, 3.63) is 29.8 Å². The highest BCUT2D eigenvalue weighted by Gasteiger charge is 2.92. The molecule has 8 rings (SSSR count). The SMILES string of the molecule is CCN1C[C@@]2(COC(=O)c3ccccc3N3C(=O)CCC3=O)CC[C@H](OC)[C@@]34[C@@H]5C[C@@H]6[C@@H](OC)[C@@H]5[C@@](OC(C)=O)(C[C@@H]6OC)[C@@](O)([C@@H](O)[C@H]23)[C@@H]14. The number of nitrogens with zero attached hydrogens (tertiary/aromatic N) is 2. The standard InChI is InChI=1S/C37H48N2O11/c1-6-38-17-34(18-49-32(44)20-9-7-8-10-23(20)39-26(41)11-12-27(39)42)14-13-25(47-4)36-22-15-21-24(46-3)16-35(50-19(2)40,28(22)29(21)48-5)37(45,33(36)38)31(43)30(34)36/h7-10,21-22,24-25,28-31,33,43,45H,6,11-18H2,1-5H3/t21-,22+,24-,25-,28+,29+,30+,31-,33-,34+,35-,36-,37+/m0/s1. The van der Waals surface area contributed by atoms with Crippen molar-refractivity contribution in [1.82, 2.24) is 4.90 Å². The van der Waals surface area contributed by atoms with Crippen molar-refractivity contribution in [2.45, 2.75) is 94.0 Å². The van der Waals surface area contributed by atoms with Crippen LogP contribution in [0.15, 0.2) is 24.3 Å². The molecule has 2 heterocycles. The Bertz CT molecular complexity index is 1600. The summed E-state index contributed by atoms with van der Waals surface area (Å²) in [5.41, 5.74) is -4.77. The van der Waals surface area contributed by atoms with Gasteiger partial charge in [-0.3, -0.25) is 19.3 Å². The van der Waals surface area contributed by atoms with Crippen LogP contribution in [0.1, 0.15) is 62.7 Å². The highest BCUT2D eigenvalue weighted by Crippen LogP contribution is 2.80. The molecule has 13 atom stereocenters. The van der Waals surface area contributed by atoms with E-state index in [2.05, 4.69) is 4.90 Å². The molecular formula is C37H48N2O11. The van der Waals surface area contributed by atoms with E-state index in [0.717, 1.165) is 4.90 Å². The van der Waals surface area contributed by atoms with Crippen LogP contribution in [0.5, 0.6) is 0 Å². The van der Waals surface area contributed by atoms with Crippen molar-refractivity contribution in [3.8, 4) is 0 Å². The van der Waals surface area contributed by atoms with E-state index >= 15 is 0 Å². The molecule has 13 heteroatoms. The number of aliphatic hydroxyl groups excluding tert-OH is 1. The summed E-state index contributed by atoms with van der Waals surface area (Å²) < 4.78 is 31.3. The number of methoxy groups -OCH3 is 3. The van der Waals surface area contributed by atoms with Crippen molar-refractivity contribution < 1.29 is 53.1 Å². The van der Waals surface area contributed by atoms with Crippen LogP contribution in [0.4, 0.5) is 5.69 Å². The van der Waals surface area contributed by atoms with Crippen LogP contribution in [0.2, 0.25) is 0 Å². The van der Waals surface area contributed by atoms with Crippen LogP contribution < -0.4 is 4.90 Å². The van der Waals surface area contributed by atoms with Gasteiger partial charge in [-0.15, -0.1) is 0 Å². The predicted molar refractivity (Wildman–Crippen MR) is 175 cm³/mol. The minimum atomic E-state index is -1.93.